The number of hydrogen-bond acceptors (Lipinski definition) is 10. The van der Waals surface area contributed by atoms with Crippen molar-refractivity contribution in [1.29, 1.82) is 0 Å². The van der Waals surface area contributed by atoms with Crippen LogP contribution in [-0.4, -0.2) is 166 Å². The molecule has 2 aliphatic rings. The Morgan fingerprint density at radius 1 is 0.512 bits per heavy atom. The zero-order valence-corrected chi connectivity index (χ0v) is 51.4. The summed E-state index contributed by atoms with van der Waals surface area (Å²) in [7, 11) is 3.07. The Morgan fingerprint density at radius 2 is 0.838 bits per heavy atom. The molecule has 0 bridgehead atoms. The quantitative estimate of drug-likeness (QED) is 0.0991. The van der Waals surface area contributed by atoms with Gasteiger partial charge in [0.2, 0.25) is 23.6 Å². The van der Waals surface area contributed by atoms with Crippen molar-refractivity contribution in [3.05, 3.63) is 107 Å². The lowest BCUT2D eigenvalue weighted by molar-refractivity contribution is -0.141. The number of likely N-dealkylation sites (tertiary alicyclic amines) is 2. The molecule has 0 saturated carbocycles. The minimum atomic E-state index is -0.866. The molecular weight excluding hydrogens is 1010 g/mol. The molecule has 2 heterocycles. The van der Waals surface area contributed by atoms with E-state index in [1.807, 2.05) is 63.5 Å². The molecule has 5 rings (SSSR count). The number of hydrogen-bond donors (Lipinski definition) is 2. The lowest BCUT2D eigenvalue weighted by atomic mass is 9.85. The van der Waals surface area contributed by atoms with Crippen LogP contribution in [0.15, 0.2) is 84.9 Å². The first-order valence-corrected chi connectivity index (χ1v) is 29.0. The van der Waals surface area contributed by atoms with Crippen molar-refractivity contribution in [3.8, 4) is 0 Å². The fourth-order valence-electron chi connectivity index (χ4n) is 10.3. The van der Waals surface area contributed by atoms with Gasteiger partial charge in [0.1, 0.15) is 35.4 Å². The molecule has 16 heteroatoms. The minimum absolute atomic E-state index is 0.0641. The predicted molar refractivity (Wildman–Crippen MR) is 316 cm³/mol. The smallest absolute Gasteiger partial charge is 0.410 e. The zero-order chi connectivity index (χ0) is 59.3. The predicted octanol–water partition coefficient (Wildman–Crippen LogP) is 9.33. The van der Waals surface area contributed by atoms with E-state index in [2.05, 4.69) is 93.2 Å². The molecule has 2 fully saturated rings. The van der Waals surface area contributed by atoms with E-state index in [1.165, 1.54) is 35.0 Å². The van der Waals surface area contributed by atoms with Crippen molar-refractivity contribution in [1.82, 2.24) is 40.0 Å². The Morgan fingerprint density at radius 3 is 1.14 bits per heavy atom. The molecule has 80 heavy (non-hydrogen) atoms. The van der Waals surface area contributed by atoms with Crippen LogP contribution in [0.3, 0.4) is 0 Å². The van der Waals surface area contributed by atoms with Crippen molar-refractivity contribution < 1.29 is 38.2 Å². The van der Waals surface area contributed by atoms with E-state index in [-0.39, 0.29) is 23.9 Å². The second-order valence-corrected chi connectivity index (χ2v) is 26.6. The maximum absolute atomic E-state index is 14.7. The normalized spacial score (nSPS) is 17.6. The molecule has 0 aliphatic carbocycles. The van der Waals surface area contributed by atoms with Crippen LogP contribution in [0, 0.1) is 10.8 Å². The van der Waals surface area contributed by atoms with E-state index < -0.39 is 70.2 Å². The van der Waals surface area contributed by atoms with Crippen LogP contribution in [0.25, 0.3) is 0 Å². The molecule has 2 saturated heterocycles. The van der Waals surface area contributed by atoms with Crippen LogP contribution >= 0.6 is 0 Å². The highest BCUT2D eigenvalue weighted by atomic mass is 16.6. The fraction of sp³-hybridized carbons (Fsp3) is 0.625. The highest BCUT2D eigenvalue weighted by Crippen LogP contribution is 2.30. The molecule has 0 unspecified atom stereocenters. The Labute approximate surface area is 479 Å². The molecule has 0 radical (unpaired) electrons. The Balaban J connectivity index is 1.32. The Hall–Kier alpha value is -6.00. The average Bonchev–Trinajstić information content (AvgIpc) is 4.06. The van der Waals surface area contributed by atoms with Gasteiger partial charge in [-0.05, 0) is 127 Å². The van der Waals surface area contributed by atoms with Gasteiger partial charge in [0.25, 0.3) is 0 Å². The Bertz CT molecular complexity index is 2330. The van der Waals surface area contributed by atoms with E-state index in [1.54, 1.807) is 55.4 Å². The van der Waals surface area contributed by atoms with E-state index in [4.69, 9.17) is 9.47 Å². The molecule has 2 aliphatic heterocycles. The largest absolute Gasteiger partial charge is 0.444 e. The number of likely N-dealkylation sites (N-methyl/N-ethyl adjacent to an activating group) is 2. The van der Waals surface area contributed by atoms with Gasteiger partial charge in [0.15, 0.2) is 0 Å². The van der Waals surface area contributed by atoms with Gasteiger partial charge < -0.3 is 29.9 Å². The topological polar surface area (TPSA) is 164 Å². The third kappa shape index (κ3) is 19.6. The standard InChI is InChI=1S/C64H98N8O8/c1-45(67(15)59(77)79-63(9,10)11)55(73)65-53(61(3,4)5)57(75)71-37-23-29-51(71)43-69(39-35-47-25-19-17-20-26-47)41-49-31-33-50(34-32-49)42-70(40-36-48-27-21-18-22-28-48)44-52-30-24-38-72(52)58(76)54(62(6,7)8)66-56(74)46(2)68(16)60(78)80-64(12,13)14/h17-22,25-28,31-34,45-46,51-54H,23-24,29-30,35-44H2,1-16H3,(H,65,73)(H,66,74)/t45-,46-,51-,52-,53+,54+/m0/s1. The average molecular weight is 1110 g/mol. The van der Waals surface area contributed by atoms with Crippen molar-refractivity contribution in [2.75, 3.05) is 53.4 Å². The first-order chi connectivity index (χ1) is 37.3. The number of nitrogens with one attached hydrogen (secondary N) is 2. The maximum atomic E-state index is 14.7. The summed E-state index contributed by atoms with van der Waals surface area (Å²) in [5.41, 5.74) is 2.13. The van der Waals surface area contributed by atoms with Crippen molar-refractivity contribution >= 4 is 35.8 Å². The second kappa shape index (κ2) is 28.1. The number of nitrogens with zero attached hydrogens (tertiary/aromatic N) is 6. The summed E-state index contributed by atoms with van der Waals surface area (Å²) in [5.74, 6) is -1.08. The zero-order valence-electron chi connectivity index (χ0n) is 51.4. The third-order valence-corrected chi connectivity index (χ3v) is 15.3. The van der Waals surface area contributed by atoms with Crippen LogP contribution in [0.4, 0.5) is 9.59 Å². The second-order valence-electron chi connectivity index (χ2n) is 26.6. The van der Waals surface area contributed by atoms with E-state index in [0.717, 1.165) is 62.7 Å². The Kier molecular flexibility index (Phi) is 22.8. The molecule has 16 nitrogen and oxygen atoms in total. The summed E-state index contributed by atoms with van der Waals surface area (Å²) in [6.07, 6.45) is 3.86. The van der Waals surface area contributed by atoms with Gasteiger partial charge in [-0.2, -0.15) is 0 Å². The van der Waals surface area contributed by atoms with Crippen molar-refractivity contribution in [2.45, 2.75) is 196 Å². The van der Waals surface area contributed by atoms with Gasteiger partial charge in [-0.15, -0.1) is 0 Å². The molecule has 6 atom stereocenters. The van der Waals surface area contributed by atoms with Crippen molar-refractivity contribution in [3.63, 3.8) is 0 Å². The molecule has 3 aromatic carbocycles. The van der Waals surface area contributed by atoms with Crippen LogP contribution in [-0.2, 0) is 54.6 Å². The molecule has 2 N–H and O–H groups in total. The third-order valence-electron chi connectivity index (χ3n) is 15.3. The summed E-state index contributed by atoms with van der Waals surface area (Å²) in [6, 6.07) is 26.3. The summed E-state index contributed by atoms with van der Waals surface area (Å²) in [4.78, 5) is 94.2. The number of carbonyl (C=O) groups excluding carboxylic acids is 6. The van der Waals surface area contributed by atoms with Gasteiger partial charge >= 0.3 is 12.2 Å². The van der Waals surface area contributed by atoms with Gasteiger partial charge in [0.05, 0.1) is 0 Å². The molecule has 0 aromatic heterocycles. The first kappa shape index (κ1) is 64.8. The number of benzene rings is 3. The molecule has 0 spiro atoms. The number of rotatable bonds is 22. The SMILES string of the molecule is C[C@@H](C(=O)N[C@H](C(=O)N1CCC[C@H]1CN(CCc1ccccc1)Cc1ccc(CN(CCc2ccccc2)C[C@@H]2CCCN2C(=O)[C@@H](NC(=O)[C@H](C)N(C)C(=O)OC(C)(C)C)C(C)(C)C)cc1)C(C)(C)C)N(C)C(=O)OC(C)(C)C. The summed E-state index contributed by atoms with van der Waals surface area (Å²) in [6.45, 7) is 31.1. The van der Waals surface area contributed by atoms with Crippen LogP contribution in [0.2, 0.25) is 0 Å². The first-order valence-electron chi connectivity index (χ1n) is 29.0. The van der Waals surface area contributed by atoms with E-state index in [0.29, 0.717) is 39.3 Å². The number of amides is 6. The van der Waals surface area contributed by atoms with Gasteiger partial charge in [-0.1, -0.05) is 126 Å². The number of carbonyl (C=O) groups is 6. The molecular formula is C64H98N8O8. The van der Waals surface area contributed by atoms with Gasteiger partial charge in [-0.25, -0.2) is 9.59 Å². The van der Waals surface area contributed by atoms with E-state index in [9.17, 15) is 28.8 Å². The maximum Gasteiger partial charge on any atom is 0.410 e. The lowest BCUT2D eigenvalue weighted by Gasteiger charge is -2.38. The summed E-state index contributed by atoms with van der Waals surface area (Å²) in [5, 5.41) is 6.09. The summed E-state index contributed by atoms with van der Waals surface area (Å²) >= 11 is 0. The van der Waals surface area contributed by atoms with Crippen molar-refractivity contribution in [2.24, 2.45) is 10.8 Å². The lowest BCUT2D eigenvalue weighted by Crippen LogP contribution is -2.59. The summed E-state index contributed by atoms with van der Waals surface area (Å²) < 4.78 is 11.1. The highest BCUT2D eigenvalue weighted by molar-refractivity contribution is 5.93. The minimum Gasteiger partial charge on any atom is -0.444 e. The molecule has 442 valence electrons. The number of ether oxygens (including phenoxy) is 2. The van der Waals surface area contributed by atoms with Crippen LogP contribution < -0.4 is 10.6 Å². The molecule has 3 aromatic rings. The molecule has 6 amide bonds. The fourth-order valence-corrected chi connectivity index (χ4v) is 10.3. The van der Waals surface area contributed by atoms with Crippen LogP contribution in [0.1, 0.15) is 145 Å². The highest BCUT2D eigenvalue weighted by Gasteiger charge is 2.43. The van der Waals surface area contributed by atoms with Gasteiger partial charge in [0, 0.05) is 78.5 Å². The monoisotopic (exact) mass is 1110 g/mol. The van der Waals surface area contributed by atoms with Gasteiger partial charge in [-0.3, -0.25) is 38.8 Å². The van der Waals surface area contributed by atoms with Crippen LogP contribution in [0.5, 0.6) is 0 Å². The van der Waals surface area contributed by atoms with E-state index >= 15 is 0 Å².